The number of nitriles is 1. The second-order valence-corrected chi connectivity index (χ2v) is 10.7. The molecule has 0 radical (unpaired) electrons. The van der Waals surface area contributed by atoms with Crippen LogP contribution in [0.2, 0.25) is 0 Å². The van der Waals surface area contributed by atoms with Crippen LogP contribution in [0.1, 0.15) is 63.5 Å². The van der Waals surface area contributed by atoms with E-state index in [0.717, 1.165) is 54.4 Å². The van der Waals surface area contributed by atoms with Gasteiger partial charge in [-0.25, -0.2) is 0 Å². The second-order valence-electron chi connectivity index (χ2n) is 10.7. The summed E-state index contributed by atoms with van der Waals surface area (Å²) in [6.45, 7) is 7.99. The van der Waals surface area contributed by atoms with Crippen LogP contribution in [-0.2, 0) is 27.3 Å². The first-order valence-electron chi connectivity index (χ1n) is 12.5. The minimum absolute atomic E-state index is 0.0119. The lowest BCUT2D eigenvalue weighted by atomic mass is 9.70. The van der Waals surface area contributed by atoms with Crippen LogP contribution < -0.4 is 5.73 Å². The number of aryl methyl sites for hydroxylation is 1. The fraction of sp³-hybridized carbons (Fsp3) is 0.464. The van der Waals surface area contributed by atoms with E-state index in [2.05, 4.69) is 19.1 Å². The smallest absolute Gasteiger partial charge is 0.242 e. The molecule has 1 aromatic heterocycles. The van der Waals surface area contributed by atoms with Crippen LogP contribution in [0.3, 0.4) is 0 Å². The van der Waals surface area contributed by atoms with Crippen molar-refractivity contribution in [3.05, 3.63) is 58.3 Å². The van der Waals surface area contributed by atoms with Crippen molar-refractivity contribution < 1.29 is 14.3 Å². The van der Waals surface area contributed by atoms with E-state index in [1.807, 2.05) is 41.6 Å². The SMILES string of the molecule is CCc1cccc2c(C3C(C#N)=C(N)OC4=C3C(=O)CC(C)(C)C4)cn(CC(=O)N3CCCC3)c12. The molecule has 1 atom stereocenters. The third kappa shape index (κ3) is 3.91. The van der Waals surface area contributed by atoms with Crippen LogP contribution in [0.15, 0.2) is 47.2 Å². The van der Waals surface area contributed by atoms with E-state index in [4.69, 9.17) is 10.5 Å². The fourth-order valence-electron chi connectivity index (χ4n) is 5.91. The van der Waals surface area contributed by atoms with E-state index < -0.39 is 5.92 Å². The standard InChI is InChI=1S/C28H32N4O3/c1-4-17-8-7-9-18-20(15-32(26(17)18)16-23(34)31-10-5-6-11-31)24-19(14-29)27(30)35-22-13-28(2,3)12-21(33)25(22)24/h7-9,15,24H,4-6,10-13,16,30H2,1-3H3. The number of carbonyl (C=O) groups is 2. The van der Waals surface area contributed by atoms with E-state index in [0.29, 0.717) is 24.2 Å². The van der Waals surface area contributed by atoms with Crippen molar-refractivity contribution in [3.63, 3.8) is 0 Å². The maximum absolute atomic E-state index is 13.4. The molecule has 1 saturated heterocycles. The van der Waals surface area contributed by atoms with Crippen molar-refractivity contribution in [1.29, 1.82) is 5.26 Å². The van der Waals surface area contributed by atoms with E-state index >= 15 is 0 Å². The number of allylic oxidation sites excluding steroid dienone is 3. The minimum atomic E-state index is -0.606. The Morgan fingerprint density at radius 3 is 2.69 bits per heavy atom. The Morgan fingerprint density at radius 1 is 1.26 bits per heavy atom. The maximum Gasteiger partial charge on any atom is 0.242 e. The number of hydrogen-bond donors (Lipinski definition) is 1. The first kappa shape index (κ1) is 23.2. The number of nitrogens with two attached hydrogens (primary N) is 1. The number of carbonyl (C=O) groups excluding carboxylic acids is 2. The number of hydrogen-bond acceptors (Lipinski definition) is 5. The van der Waals surface area contributed by atoms with E-state index in [-0.39, 0.29) is 35.1 Å². The lowest BCUT2D eigenvalue weighted by Gasteiger charge is -2.37. The van der Waals surface area contributed by atoms with Crippen molar-refractivity contribution in [1.82, 2.24) is 9.47 Å². The Balaban J connectivity index is 1.70. The van der Waals surface area contributed by atoms with Crippen molar-refractivity contribution in [2.75, 3.05) is 13.1 Å². The molecule has 7 heteroatoms. The molecule has 35 heavy (non-hydrogen) atoms. The number of ether oxygens (including phenoxy) is 1. The van der Waals surface area contributed by atoms with Gasteiger partial charge in [-0.2, -0.15) is 5.26 Å². The first-order chi connectivity index (χ1) is 16.7. The second kappa shape index (κ2) is 8.60. The third-order valence-corrected chi connectivity index (χ3v) is 7.54. The molecule has 182 valence electrons. The number of nitrogens with zero attached hydrogens (tertiary/aromatic N) is 3. The van der Waals surface area contributed by atoms with Crippen LogP contribution in [0.5, 0.6) is 0 Å². The monoisotopic (exact) mass is 472 g/mol. The molecule has 1 fully saturated rings. The van der Waals surface area contributed by atoms with Gasteiger partial charge in [0, 0.05) is 43.1 Å². The van der Waals surface area contributed by atoms with Crippen molar-refractivity contribution >= 4 is 22.6 Å². The number of benzene rings is 1. The molecule has 5 rings (SSSR count). The van der Waals surface area contributed by atoms with E-state index in [9.17, 15) is 14.9 Å². The summed E-state index contributed by atoms with van der Waals surface area (Å²) in [5.41, 5.74) is 9.72. The first-order valence-corrected chi connectivity index (χ1v) is 12.5. The summed E-state index contributed by atoms with van der Waals surface area (Å²) in [4.78, 5) is 28.5. The number of Topliss-reactive ketones (excluding diaryl/α,β-unsaturated/α-hetero) is 1. The van der Waals surface area contributed by atoms with Gasteiger partial charge in [-0.15, -0.1) is 0 Å². The van der Waals surface area contributed by atoms with Gasteiger partial charge in [-0.3, -0.25) is 9.59 Å². The van der Waals surface area contributed by atoms with Gasteiger partial charge in [0.15, 0.2) is 5.78 Å². The van der Waals surface area contributed by atoms with Crippen LogP contribution in [-0.4, -0.2) is 34.2 Å². The highest BCUT2D eigenvalue weighted by Crippen LogP contribution is 2.49. The Labute approximate surface area is 205 Å². The molecule has 3 heterocycles. The van der Waals surface area contributed by atoms with E-state index in [1.165, 1.54) is 0 Å². The number of fused-ring (bicyclic) bond motifs is 1. The zero-order valence-corrected chi connectivity index (χ0v) is 20.7. The summed E-state index contributed by atoms with van der Waals surface area (Å²) in [5, 5.41) is 11.0. The lowest BCUT2D eigenvalue weighted by molar-refractivity contribution is -0.130. The summed E-state index contributed by atoms with van der Waals surface area (Å²) < 4.78 is 7.88. The van der Waals surface area contributed by atoms with Crippen molar-refractivity contribution in [2.45, 2.75) is 65.3 Å². The molecule has 2 aromatic rings. The van der Waals surface area contributed by atoms with Crippen LogP contribution in [0, 0.1) is 16.7 Å². The minimum Gasteiger partial charge on any atom is -0.444 e. The topological polar surface area (TPSA) is 101 Å². The Kier molecular flexibility index (Phi) is 5.71. The number of aromatic nitrogens is 1. The molecule has 1 amide bonds. The third-order valence-electron chi connectivity index (χ3n) is 7.54. The molecule has 1 unspecified atom stereocenters. The van der Waals surface area contributed by atoms with Gasteiger partial charge in [0.25, 0.3) is 0 Å². The number of ketones is 1. The van der Waals surface area contributed by atoms with Crippen LogP contribution in [0.4, 0.5) is 0 Å². The van der Waals surface area contributed by atoms with Gasteiger partial charge < -0.3 is 19.9 Å². The summed E-state index contributed by atoms with van der Waals surface area (Å²) in [5.74, 6) is 0.0953. The molecule has 1 aliphatic carbocycles. The molecule has 0 bridgehead atoms. The van der Waals surface area contributed by atoms with Crippen molar-refractivity contribution in [2.24, 2.45) is 11.1 Å². The molecule has 2 aliphatic heterocycles. The predicted molar refractivity (Wildman–Crippen MR) is 133 cm³/mol. The normalized spacial score (nSPS) is 21.8. The average Bonchev–Trinajstić information content (AvgIpc) is 3.46. The van der Waals surface area contributed by atoms with Gasteiger partial charge in [0.1, 0.15) is 23.9 Å². The quantitative estimate of drug-likeness (QED) is 0.716. The zero-order chi connectivity index (χ0) is 24.9. The largest absolute Gasteiger partial charge is 0.444 e. The van der Waals surface area contributed by atoms with Gasteiger partial charge in [-0.1, -0.05) is 39.0 Å². The van der Waals surface area contributed by atoms with E-state index in [1.54, 1.807) is 0 Å². The summed E-state index contributed by atoms with van der Waals surface area (Å²) in [6.07, 6.45) is 5.80. The number of para-hydroxylation sites is 1. The molecule has 0 saturated carbocycles. The molecule has 2 N–H and O–H groups in total. The lowest BCUT2D eigenvalue weighted by Crippen LogP contribution is -2.33. The van der Waals surface area contributed by atoms with Gasteiger partial charge in [0.05, 0.1) is 11.4 Å². The Hall–Kier alpha value is -3.53. The van der Waals surface area contributed by atoms with Gasteiger partial charge in [-0.05, 0) is 35.8 Å². The molecule has 0 spiro atoms. The zero-order valence-electron chi connectivity index (χ0n) is 20.7. The highest BCUT2D eigenvalue weighted by Gasteiger charge is 2.44. The Morgan fingerprint density at radius 2 is 2.00 bits per heavy atom. The van der Waals surface area contributed by atoms with Gasteiger partial charge in [0.2, 0.25) is 11.8 Å². The van der Waals surface area contributed by atoms with Crippen molar-refractivity contribution in [3.8, 4) is 6.07 Å². The number of likely N-dealkylation sites (tertiary alicyclic amines) is 1. The molecule has 1 aromatic carbocycles. The molecule has 7 nitrogen and oxygen atoms in total. The highest BCUT2D eigenvalue weighted by atomic mass is 16.5. The summed E-state index contributed by atoms with van der Waals surface area (Å²) in [6, 6.07) is 8.30. The predicted octanol–water partition coefficient (Wildman–Crippen LogP) is 4.28. The summed E-state index contributed by atoms with van der Waals surface area (Å²) >= 11 is 0. The average molecular weight is 473 g/mol. The number of amides is 1. The highest BCUT2D eigenvalue weighted by molar-refractivity contribution is 6.01. The number of rotatable bonds is 4. The van der Waals surface area contributed by atoms with Crippen LogP contribution in [0.25, 0.3) is 10.9 Å². The molecule has 3 aliphatic rings. The fourth-order valence-corrected chi connectivity index (χ4v) is 5.91. The van der Waals surface area contributed by atoms with Crippen LogP contribution >= 0.6 is 0 Å². The van der Waals surface area contributed by atoms with Gasteiger partial charge >= 0.3 is 0 Å². The molecular formula is C28H32N4O3. The Bertz CT molecular complexity index is 1330. The summed E-state index contributed by atoms with van der Waals surface area (Å²) in [7, 11) is 0. The molecular weight excluding hydrogens is 440 g/mol. The maximum atomic E-state index is 13.4.